The van der Waals surface area contributed by atoms with Gasteiger partial charge in [0.05, 0.1) is 0 Å². The number of carbonyl (C=O) groups is 1. The van der Waals surface area contributed by atoms with Crippen molar-refractivity contribution in [1.82, 2.24) is 5.32 Å². The predicted octanol–water partition coefficient (Wildman–Crippen LogP) is 2.47. The molecule has 1 fully saturated rings. The first-order chi connectivity index (χ1) is 6.34. The minimum absolute atomic E-state index is 0.278. The molecule has 1 rings (SSSR count). The normalized spacial score (nSPS) is 15.8. The summed E-state index contributed by atoms with van der Waals surface area (Å²) in [7, 11) is 0. The van der Waals surface area contributed by atoms with Crippen molar-refractivity contribution >= 4 is 21.8 Å². The second kappa shape index (κ2) is 6.41. The van der Waals surface area contributed by atoms with Crippen molar-refractivity contribution in [2.75, 3.05) is 11.9 Å². The van der Waals surface area contributed by atoms with Crippen LogP contribution in [0.2, 0.25) is 0 Å². The average Bonchev–Trinajstić information content (AvgIpc) is 2.93. The molecule has 0 aromatic rings. The molecule has 1 aliphatic carbocycles. The molecule has 76 valence electrons. The molecule has 0 aliphatic heterocycles. The van der Waals surface area contributed by atoms with E-state index < -0.39 is 0 Å². The van der Waals surface area contributed by atoms with Crippen LogP contribution in [0.3, 0.4) is 0 Å². The molecule has 2 nitrogen and oxygen atoms in total. The summed E-state index contributed by atoms with van der Waals surface area (Å²) in [6.07, 6.45) is 7.09. The van der Waals surface area contributed by atoms with Crippen molar-refractivity contribution in [3.05, 3.63) is 0 Å². The lowest BCUT2D eigenvalue weighted by Crippen LogP contribution is -2.25. The largest absolute Gasteiger partial charge is 0.356 e. The molecule has 0 atom stereocenters. The lowest BCUT2D eigenvalue weighted by Gasteiger charge is -2.03. The Morgan fingerprint density at radius 2 is 1.92 bits per heavy atom. The number of hydrogen-bond acceptors (Lipinski definition) is 1. The molecule has 3 heteroatoms. The van der Waals surface area contributed by atoms with Crippen LogP contribution in [-0.2, 0) is 4.79 Å². The molecule has 1 N–H and O–H groups in total. The molecule has 0 heterocycles. The molecule has 0 saturated heterocycles. The van der Waals surface area contributed by atoms with Crippen LogP contribution in [0.5, 0.6) is 0 Å². The van der Waals surface area contributed by atoms with Gasteiger partial charge in [-0.2, -0.15) is 0 Å². The standard InChI is InChI=1S/C10H18BrNO/c11-7-3-1-2-4-8-12-10(13)9-5-6-9/h9H,1-8H2,(H,12,13). The maximum Gasteiger partial charge on any atom is 0.223 e. The molecule has 13 heavy (non-hydrogen) atoms. The number of rotatable bonds is 7. The smallest absolute Gasteiger partial charge is 0.223 e. The molecular formula is C10H18BrNO. The van der Waals surface area contributed by atoms with E-state index in [1.165, 1.54) is 19.3 Å². The van der Waals surface area contributed by atoms with Gasteiger partial charge in [-0.05, 0) is 25.7 Å². The fourth-order valence-electron chi connectivity index (χ4n) is 1.27. The number of amides is 1. The molecule has 0 unspecified atom stereocenters. The van der Waals surface area contributed by atoms with E-state index in [2.05, 4.69) is 21.2 Å². The van der Waals surface area contributed by atoms with E-state index in [-0.39, 0.29) is 5.91 Å². The number of carbonyl (C=O) groups excluding carboxylic acids is 1. The fourth-order valence-corrected chi connectivity index (χ4v) is 1.67. The van der Waals surface area contributed by atoms with Crippen molar-refractivity contribution in [2.45, 2.75) is 38.5 Å². The molecule has 0 spiro atoms. The lowest BCUT2D eigenvalue weighted by molar-refractivity contribution is -0.122. The first-order valence-electron chi connectivity index (χ1n) is 5.18. The number of halogens is 1. The van der Waals surface area contributed by atoms with E-state index >= 15 is 0 Å². The van der Waals surface area contributed by atoms with E-state index in [9.17, 15) is 4.79 Å². The van der Waals surface area contributed by atoms with Crippen molar-refractivity contribution < 1.29 is 4.79 Å². The fraction of sp³-hybridized carbons (Fsp3) is 0.900. The van der Waals surface area contributed by atoms with Crippen LogP contribution < -0.4 is 5.32 Å². The van der Waals surface area contributed by atoms with Crippen LogP contribution in [0.1, 0.15) is 38.5 Å². The van der Waals surface area contributed by atoms with E-state index in [0.717, 1.165) is 31.1 Å². The van der Waals surface area contributed by atoms with Crippen molar-refractivity contribution in [3.63, 3.8) is 0 Å². The van der Waals surface area contributed by atoms with Gasteiger partial charge in [-0.15, -0.1) is 0 Å². The zero-order valence-corrected chi connectivity index (χ0v) is 9.61. The van der Waals surface area contributed by atoms with Crippen LogP contribution in [0.4, 0.5) is 0 Å². The van der Waals surface area contributed by atoms with Gasteiger partial charge in [0.2, 0.25) is 5.91 Å². The third-order valence-corrected chi connectivity index (χ3v) is 2.87. The van der Waals surface area contributed by atoms with Gasteiger partial charge < -0.3 is 5.32 Å². The number of nitrogens with one attached hydrogen (secondary N) is 1. The number of alkyl halides is 1. The highest BCUT2D eigenvalue weighted by Crippen LogP contribution is 2.28. The van der Waals surface area contributed by atoms with Crippen molar-refractivity contribution in [1.29, 1.82) is 0 Å². The third kappa shape index (κ3) is 5.29. The van der Waals surface area contributed by atoms with Gasteiger partial charge in [-0.1, -0.05) is 28.8 Å². The van der Waals surface area contributed by atoms with Crippen LogP contribution in [0.15, 0.2) is 0 Å². The highest BCUT2D eigenvalue weighted by molar-refractivity contribution is 9.09. The summed E-state index contributed by atoms with van der Waals surface area (Å²) >= 11 is 3.40. The zero-order valence-electron chi connectivity index (χ0n) is 8.02. The van der Waals surface area contributed by atoms with Gasteiger partial charge in [0.25, 0.3) is 0 Å². The average molecular weight is 248 g/mol. The minimum Gasteiger partial charge on any atom is -0.356 e. The highest BCUT2D eigenvalue weighted by Gasteiger charge is 2.28. The van der Waals surface area contributed by atoms with Gasteiger partial charge in [0.1, 0.15) is 0 Å². The van der Waals surface area contributed by atoms with E-state index in [1.807, 2.05) is 0 Å². The highest BCUT2D eigenvalue weighted by atomic mass is 79.9. The molecule has 0 bridgehead atoms. The lowest BCUT2D eigenvalue weighted by atomic mass is 10.2. The van der Waals surface area contributed by atoms with Gasteiger partial charge in [-0.3, -0.25) is 4.79 Å². The number of unbranched alkanes of at least 4 members (excludes halogenated alkanes) is 3. The summed E-state index contributed by atoms with van der Waals surface area (Å²) in [6.45, 7) is 0.873. The Kier molecular flexibility index (Phi) is 5.44. The van der Waals surface area contributed by atoms with E-state index in [0.29, 0.717) is 5.92 Å². The maximum atomic E-state index is 11.2. The summed E-state index contributed by atoms with van der Waals surface area (Å²) in [5, 5.41) is 4.07. The first-order valence-corrected chi connectivity index (χ1v) is 6.30. The van der Waals surface area contributed by atoms with Crippen molar-refractivity contribution in [2.24, 2.45) is 5.92 Å². The van der Waals surface area contributed by atoms with Crippen LogP contribution in [0.25, 0.3) is 0 Å². The topological polar surface area (TPSA) is 29.1 Å². The molecule has 1 aliphatic rings. The van der Waals surface area contributed by atoms with E-state index in [4.69, 9.17) is 0 Å². The van der Waals surface area contributed by atoms with Crippen LogP contribution >= 0.6 is 15.9 Å². The first kappa shape index (κ1) is 11.0. The maximum absolute atomic E-state index is 11.2. The molecule has 0 aromatic heterocycles. The van der Waals surface area contributed by atoms with E-state index in [1.54, 1.807) is 0 Å². The van der Waals surface area contributed by atoms with Gasteiger partial charge in [-0.25, -0.2) is 0 Å². The second-order valence-corrected chi connectivity index (χ2v) is 4.46. The molecule has 1 saturated carbocycles. The van der Waals surface area contributed by atoms with Gasteiger partial charge in [0, 0.05) is 17.8 Å². The SMILES string of the molecule is O=C(NCCCCCCBr)C1CC1. The summed E-state index contributed by atoms with van der Waals surface area (Å²) < 4.78 is 0. The van der Waals surface area contributed by atoms with Crippen molar-refractivity contribution in [3.8, 4) is 0 Å². The van der Waals surface area contributed by atoms with Crippen LogP contribution in [0, 0.1) is 5.92 Å². The van der Waals surface area contributed by atoms with Crippen LogP contribution in [-0.4, -0.2) is 17.8 Å². The Labute approximate surface area is 88.6 Å². The Bertz CT molecular complexity index is 157. The number of hydrogen-bond donors (Lipinski definition) is 1. The Morgan fingerprint density at radius 1 is 1.23 bits per heavy atom. The Balaban J connectivity index is 1.80. The molecule has 0 aromatic carbocycles. The zero-order chi connectivity index (χ0) is 9.52. The molecular weight excluding hydrogens is 230 g/mol. The second-order valence-electron chi connectivity index (χ2n) is 3.67. The summed E-state index contributed by atoms with van der Waals surface area (Å²) in [6, 6.07) is 0. The molecule has 0 radical (unpaired) electrons. The quantitative estimate of drug-likeness (QED) is 0.544. The van der Waals surface area contributed by atoms with Gasteiger partial charge >= 0.3 is 0 Å². The monoisotopic (exact) mass is 247 g/mol. The summed E-state index contributed by atoms with van der Waals surface area (Å²) in [5.41, 5.74) is 0. The summed E-state index contributed by atoms with van der Waals surface area (Å²) in [4.78, 5) is 11.2. The Hall–Kier alpha value is -0.0500. The summed E-state index contributed by atoms with van der Waals surface area (Å²) in [5.74, 6) is 0.642. The predicted molar refractivity (Wildman–Crippen MR) is 58.0 cm³/mol. The van der Waals surface area contributed by atoms with Gasteiger partial charge in [0.15, 0.2) is 0 Å². The minimum atomic E-state index is 0.278. The molecule has 1 amide bonds. The third-order valence-electron chi connectivity index (χ3n) is 2.31. The Morgan fingerprint density at radius 3 is 2.54 bits per heavy atom.